The van der Waals surface area contributed by atoms with Gasteiger partial charge in [-0.1, -0.05) is 42.0 Å². The number of benzene rings is 2. The van der Waals surface area contributed by atoms with Gasteiger partial charge in [0.05, 0.1) is 5.56 Å². The van der Waals surface area contributed by atoms with E-state index in [1.54, 1.807) is 0 Å². The minimum Gasteiger partial charge on any atom is -0.310 e. The molecule has 2 aromatic rings. The largest absolute Gasteiger partial charge is 0.416 e. The van der Waals surface area contributed by atoms with E-state index >= 15 is 0 Å². The highest BCUT2D eigenvalue weighted by molar-refractivity contribution is 5.24. The second kappa shape index (κ2) is 7.64. The van der Waals surface area contributed by atoms with Crippen LogP contribution in [-0.2, 0) is 19.1 Å². The molecule has 0 aromatic heterocycles. The zero-order valence-electron chi connectivity index (χ0n) is 13.5. The van der Waals surface area contributed by atoms with Crippen molar-refractivity contribution >= 4 is 0 Å². The fourth-order valence-corrected chi connectivity index (χ4v) is 2.46. The van der Waals surface area contributed by atoms with Crippen LogP contribution in [0.5, 0.6) is 0 Å². The van der Waals surface area contributed by atoms with Crippen molar-refractivity contribution in [1.82, 2.24) is 5.32 Å². The summed E-state index contributed by atoms with van der Waals surface area (Å²) in [5.41, 5.74) is 2.83. The third-order valence-electron chi connectivity index (χ3n) is 3.88. The standard InChI is InChI=1S/C19H22F3N/c1-14-4-3-5-16(12-14)7-6-15(2)23-13-17-8-10-18(11-9-17)19(20,21)22/h3-5,8-12,15,23H,6-7,13H2,1-2H3. The van der Waals surface area contributed by atoms with E-state index in [0.29, 0.717) is 12.6 Å². The average Bonchev–Trinajstić information content (AvgIpc) is 2.50. The summed E-state index contributed by atoms with van der Waals surface area (Å²) in [6, 6.07) is 14.1. The molecule has 0 saturated heterocycles. The molecule has 0 aliphatic heterocycles. The van der Waals surface area contributed by atoms with Crippen LogP contribution in [-0.4, -0.2) is 6.04 Å². The summed E-state index contributed by atoms with van der Waals surface area (Å²) in [6.45, 7) is 4.75. The first kappa shape index (κ1) is 17.5. The van der Waals surface area contributed by atoms with Crippen molar-refractivity contribution in [2.75, 3.05) is 0 Å². The van der Waals surface area contributed by atoms with Crippen LogP contribution in [0.2, 0.25) is 0 Å². The van der Waals surface area contributed by atoms with Crippen molar-refractivity contribution < 1.29 is 13.2 Å². The molecule has 124 valence electrons. The first-order valence-corrected chi connectivity index (χ1v) is 7.79. The summed E-state index contributed by atoms with van der Waals surface area (Å²) in [7, 11) is 0. The molecule has 0 bridgehead atoms. The smallest absolute Gasteiger partial charge is 0.310 e. The number of hydrogen-bond donors (Lipinski definition) is 1. The first-order chi connectivity index (χ1) is 10.8. The fraction of sp³-hybridized carbons (Fsp3) is 0.368. The van der Waals surface area contributed by atoms with E-state index < -0.39 is 11.7 Å². The molecule has 1 atom stereocenters. The lowest BCUT2D eigenvalue weighted by Gasteiger charge is -2.14. The molecule has 0 saturated carbocycles. The topological polar surface area (TPSA) is 12.0 Å². The molecular weight excluding hydrogens is 299 g/mol. The van der Waals surface area contributed by atoms with Gasteiger partial charge in [0.1, 0.15) is 0 Å². The third-order valence-corrected chi connectivity index (χ3v) is 3.88. The molecule has 1 unspecified atom stereocenters. The Bertz CT molecular complexity index is 617. The van der Waals surface area contributed by atoms with Crippen LogP contribution in [0.1, 0.15) is 35.6 Å². The number of hydrogen-bond acceptors (Lipinski definition) is 1. The predicted octanol–water partition coefficient (Wildman–Crippen LogP) is 5.12. The molecule has 0 amide bonds. The second-order valence-electron chi connectivity index (χ2n) is 6.00. The molecule has 1 nitrogen and oxygen atoms in total. The van der Waals surface area contributed by atoms with Gasteiger partial charge in [-0.2, -0.15) is 13.2 Å². The normalized spacial score (nSPS) is 13.1. The summed E-state index contributed by atoms with van der Waals surface area (Å²) >= 11 is 0. The van der Waals surface area contributed by atoms with Gasteiger partial charge in [0.25, 0.3) is 0 Å². The monoisotopic (exact) mass is 321 g/mol. The lowest BCUT2D eigenvalue weighted by Crippen LogP contribution is -2.26. The number of halogens is 3. The second-order valence-corrected chi connectivity index (χ2v) is 6.00. The van der Waals surface area contributed by atoms with E-state index in [1.165, 1.54) is 23.3 Å². The van der Waals surface area contributed by atoms with E-state index in [1.807, 2.05) is 0 Å². The third kappa shape index (κ3) is 5.71. The van der Waals surface area contributed by atoms with E-state index in [0.717, 1.165) is 30.5 Å². The van der Waals surface area contributed by atoms with Crippen molar-refractivity contribution in [3.63, 3.8) is 0 Å². The zero-order chi connectivity index (χ0) is 16.9. The highest BCUT2D eigenvalue weighted by Gasteiger charge is 2.29. The zero-order valence-corrected chi connectivity index (χ0v) is 13.5. The lowest BCUT2D eigenvalue weighted by atomic mass is 10.0. The first-order valence-electron chi connectivity index (χ1n) is 7.79. The van der Waals surface area contributed by atoms with Crippen LogP contribution >= 0.6 is 0 Å². The number of nitrogens with one attached hydrogen (secondary N) is 1. The minimum absolute atomic E-state index is 0.304. The van der Waals surface area contributed by atoms with Gasteiger partial charge in [0, 0.05) is 12.6 Å². The van der Waals surface area contributed by atoms with Crippen molar-refractivity contribution in [2.45, 2.75) is 45.5 Å². The van der Waals surface area contributed by atoms with Gasteiger partial charge in [0.2, 0.25) is 0 Å². The number of rotatable bonds is 6. The predicted molar refractivity (Wildman–Crippen MR) is 87.2 cm³/mol. The number of alkyl halides is 3. The molecule has 0 fully saturated rings. The quantitative estimate of drug-likeness (QED) is 0.778. The van der Waals surface area contributed by atoms with Crippen LogP contribution in [0.25, 0.3) is 0 Å². The van der Waals surface area contributed by atoms with Gasteiger partial charge in [0.15, 0.2) is 0 Å². The summed E-state index contributed by atoms with van der Waals surface area (Å²) in [5, 5.41) is 3.36. The molecule has 2 aromatic carbocycles. The minimum atomic E-state index is -4.27. The van der Waals surface area contributed by atoms with Crippen LogP contribution in [0, 0.1) is 6.92 Å². The Balaban J connectivity index is 1.79. The van der Waals surface area contributed by atoms with Crippen molar-refractivity contribution in [3.05, 3.63) is 70.8 Å². The lowest BCUT2D eigenvalue weighted by molar-refractivity contribution is -0.137. The Morgan fingerprint density at radius 1 is 1.00 bits per heavy atom. The highest BCUT2D eigenvalue weighted by atomic mass is 19.4. The van der Waals surface area contributed by atoms with Gasteiger partial charge in [-0.3, -0.25) is 0 Å². The van der Waals surface area contributed by atoms with Gasteiger partial charge < -0.3 is 5.32 Å². The summed E-state index contributed by atoms with van der Waals surface area (Å²) < 4.78 is 37.5. The molecule has 0 spiro atoms. The van der Waals surface area contributed by atoms with Crippen molar-refractivity contribution in [2.24, 2.45) is 0 Å². The molecule has 4 heteroatoms. The van der Waals surface area contributed by atoms with Crippen LogP contribution in [0.15, 0.2) is 48.5 Å². The fourth-order valence-electron chi connectivity index (χ4n) is 2.46. The summed E-state index contributed by atoms with van der Waals surface area (Å²) in [6.07, 6.45) is -2.29. The van der Waals surface area contributed by atoms with Gasteiger partial charge in [-0.05, 0) is 49.9 Å². The van der Waals surface area contributed by atoms with Crippen LogP contribution < -0.4 is 5.32 Å². The Labute approximate surface area is 135 Å². The maximum atomic E-state index is 12.5. The maximum Gasteiger partial charge on any atom is 0.416 e. The summed E-state index contributed by atoms with van der Waals surface area (Å²) in [5.74, 6) is 0. The molecule has 1 N–H and O–H groups in total. The van der Waals surface area contributed by atoms with E-state index in [-0.39, 0.29) is 0 Å². The highest BCUT2D eigenvalue weighted by Crippen LogP contribution is 2.29. The Kier molecular flexibility index (Phi) is 5.83. The SMILES string of the molecule is Cc1cccc(CCC(C)NCc2ccc(C(F)(F)F)cc2)c1. The Morgan fingerprint density at radius 2 is 1.70 bits per heavy atom. The van der Waals surface area contributed by atoms with Crippen molar-refractivity contribution in [1.29, 1.82) is 0 Å². The number of aryl methyl sites for hydroxylation is 2. The molecule has 0 heterocycles. The van der Waals surface area contributed by atoms with Gasteiger partial charge in [-0.25, -0.2) is 0 Å². The molecule has 0 radical (unpaired) electrons. The average molecular weight is 321 g/mol. The van der Waals surface area contributed by atoms with Crippen LogP contribution in [0.4, 0.5) is 13.2 Å². The van der Waals surface area contributed by atoms with E-state index in [9.17, 15) is 13.2 Å². The van der Waals surface area contributed by atoms with Crippen molar-refractivity contribution in [3.8, 4) is 0 Å². The van der Waals surface area contributed by atoms with E-state index in [4.69, 9.17) is 0 Å². The molecular formula is C19H22F3N. The summed E-state index contributed by atoms with van der Waals surface area (Å²) in [4.78, 5) is 0. The van der Waals surface area contributed by atoms with Gasteiger partial charge in [-0.15, -0.1) is 0 Å². The Hall–Kier alpha value is -1.81. The van der Waals surface area contributed by atoms with E-state index in [2.05, 4.69) is 43.4 Å². The molecule has 23 heavy (non-hydrogen) atoms. The Morgan fingerprint density at radius 3 is 2.30 bits per heavy atom. The maximum absolute atomic E-state index is 12.5. The molecule has 0 aliphatic carbocycles. The molecule has 2 rings (SSSR count). The van der Waals surface area contributed by atoms with Gasteiger partial charge >= 0.3 is 6.18 Å². The van der Waals surface area contributed by atoms with Crippen LogP contribution in [0.3, 0.4) is 0 Å². The molecule has 0 aliphatic rings.